The lowest BCUT2D eigenvalue weighted by Gasteiger charge is -2.63. The van der Waals surface area contributed by atoms with Gasteiger partial charge < -0.3 is 24.1 Å². The Bertz CT molecular complexity index is 1840. The largest absolute Gasteiger partial charge is 0.465 e. The van der Waals surface area contributed by atoms with E-state index in [1.54, 1.807) is 6.07 Å². The summed E-state index contributed by atoms with van der Waals surface area (Å²) in [5.74, 6) is 5.29. The quantitative estimate of drug-likeness (QED) is 0.290. The number of aliphatic hydroxyl groups excluding tert-OH is 1. The van der Waals surface area contributed by atoms with E-state index >= 15 is 0 Å². The highest BCUT2D eigenvalue weighted by atomic mass is 16.5. The van der Waals surface area contributed by atoms with Gasteiger partial charge in [0.15, 0.2) is 0 Å². The Labute approximate surface area is 346 Å². The smallest absolute Gasteiger partial charge is 0.335 e. The van der Waals surface area contributed by atoms with Crippen LogP contribution in [0, 0.1) is 74.9 Å². The number of esters is 2. The molecule has 2 heterocycles. The minimum Gasteiger partial charge on any atom is -0.465 e. The number of carbonyl (C=O) groups is 2. The van der Waals surface area contributed by atoms with Gasteiger partial charge in [-0.15, -0.1) is 0 Å². The van der Waals surface area contributed by atoms with E-state index < -0.39 is 22.7 Å². The van der Waals surface area contributed by atoms with Crippen molar-refractivity contribution in [3.05, 3.63) is 58.7 Å². The maximum absolute atomic E-state index is 12.5. The fourth-order valence-corrected chi connectivity index (χ4v) is 16.9. The molecule has 0 radical (unpaired) electrons. The van der Waals surface area contributed by atoms with Gasteiger partial charge in [-0.3, -0.25) is 9.59 Å². The predicted octanol–water partition coefficient (Wildman–Crippen LogP) is 9.32. The normalized spacial score (nSPS) is 50.0. The van der Waals surface area contributed by atoms with Crippen LogP contribution in [0.4, 0.5) is 0 Å². The third kappa shape index (κ3) is 6.28. The van der Waals surface area contributed by atoms with Gasteiger partial charge in [0.05, 0.1) is 24.6 Å². The molecule has 0 spiro atoms. The molecule has 58 heavy (non-hydrogen) atoms. The van der Waals surface area contributed by atoms with Gasteiger partial charge in [0, 0.05) is 37.2 Å². The molecule has 0 amide bonds. The number of hydrogen-bond acceptors (Lipinski definition) is 8. The van der Waals surface area contributed by atoms with Crippen LogP contribution in [0.2, 0.25) is 0 Å². The first-order chi connectivity index (χ1) is 27.6. The highest BCUT2D eigenvalue weighted by Crippen LogP contribution is 2.71. The second kappa shape index (κ2) is 14.7. The summed E-state index contributed by atoms with van der Waals surface area (Å²) in [7, 11) is 0. The van der Waals surface area contributed by atoms with E-state index in [2.05, 4.69) is 52.0 Å². The number of hydrogen-bond donors (Lipinski definition) is 2. The van der Waals surface area contributed by atoms with Crippen LogP contribution >= 0.6 is 0 Å². The molecule has 1 saturated heterocycles. The Kier molecular flexibility index (Phi) is 10.3. The minimum absolute atomic E-state index is 0.0213. The molecule has 0 bridgehead atoms. The summed E-state index contributed by atoms with van der Waals surface area (Å²) in [5.41, 5.74) is -0.0379. The number of fused-ring (bicyclic) bond motifs is 10. The molecule has 8 nitrogen and oxygen atoms in total. The fourth-order valence-electron chi connectivity index (χ4n) is 16.9. The second-order valence-corrected chi connectivity index (χ2v) is 21.9. The van der Waals surface area contributed by atoms with Gasteiger partial charge in [0.2, 0.25) is 0 Å². The number of allylic oxidation sites excluding steroid dienone is 4. The van der Waals surface area contributed by atoms with Crippen molar-refractivity contribution in [1.82, 2.24) is 0 Å². The topological polar surface area (TPSA) is 123 Å². The molecule has 7 saturated carbocycles. The van der Waals surface area contributed by atoms with E-state index in [0.29, 0.717) is 48.0 Å². The van der Waals surface area contributed by atoms with Crippen LogP contribution in [0.15, 0.2) is 51.9 Å². The molecule has 1 aromatic rings. The molecule has 10 rings (SSSR count). The monoisotopic (exact) mass is 799 g/mol. The lowest BCUT2D eigenvalue weighted by atomic mass is 9.43. The Morgan fingerprint density at radius 1 is 0.810 bits per heavy atom. The Morgan fingerprint density at radius 2 is 1.57 bits per heavy atom. The number of ether oxygens (including phenoxy) is 2. The van der Waals surface area contributed by atoms with Crippen LogP contribution in [0.3, 0.4) is 0 Å². The van der Waals surface area contributed by atoms with Crippen LogP contribution < -0.4 is 5.63 Å². The zero-order chi connectivity index (χ0) is 40.8. The molecule has 17 atom stereocenters. The average molecular weight is 799 g/mol. The summed E-state index contributed by atoms with van der Waals surface area (Å²) in [4.78, 5) is 35.1. The molecular weight excluding hydrogens is 729 g/mol. The molecule has 8 fully saturated rings. The summed E-state index contributed by atoms with van der Waals surface area (Å²) in [6, 6.07) is 3.17. The van der Waals surface area contributed by atoms with Crippen molar-refractivity contribution in [3.63, 3.8) is 0 Å². The Balaban J connectivity index is 0.000000153. The average Bonchev–Trinajstić information content (AvgIpc) is 3.66. The summed E-state index contributed by atoms with van der Waals surface area (Å²) < 4.78 is 16.5. The van der Waals surface area contributed by atoms with Gasteiger partial charge in [-0.25, -0.2) is 4.79 Å². The lowest BCUT2D eigenvalue weighted by molar-refractivity contribution is -0.205. The fraction of sp³-hybridized carbons (Fsp3) is 0.780. The SMILES string of the molecule is CC(=O)O[C@H]1C[C@]2(O)[C@@H]3CC[C@@H]4C[C@@H](O)CC[C@]4(C)[C@H]3CC[C@]2(C)[C@H]1c1ccc(=O)oc1.C[C@]12CC[C@H]3[C@@H](CCC4C=CC=C[C@@]43C)[C@H]1CC[C@@H]2[C@H]1CCC(=O)OC1. The van der Waals surface area contributed by atoms with Crippen molar-refractivity contribution in [2.45, 2.75) is 161 Å². The number of rotatable bonds is 3. The zero-order valence-corrected chi connectivity index (χ0v) is 35.8. The standard InChI is InChI=1S/C26H36O6.C24H34O2/c1-15(27)32-21-13-26(30)20-6-5-17-12-18(28)8-10-24(17,2)19(20)9-11-25(26,3)23(21)16-4-7-22(29)31-14-16;1-23-13-4-3-5-17(23)7-8-18-20-10-9-19(16-6-11-22(25)26-15-16)24(20,2)14-12-21(18)23/h4,7,14,17-21,23,28,30H,5-6,8-13H2,1-3H3;3-5,13,16-21H,6-12,14-15H2,1-2H3/t17-,18+,19+,20-,21+,23+,24+,25-,26+;16-,17?,18-,19+,20+,21-,23-,24+/m10/s1. The zero-order valence-electron chi connectivity index (χ0n) is 35.8. The molecule has 0 aromatic carbocycles. The third-order valence-electron chi connectivity index (χ3n) is 19.8. The summed E-state index contributed by atoms with van der Waals surface area (Å²) in [5, 5.41) is 22.7. The number of aliphatic hydroxyl groups is 2. The molecule has 2 N–H and O–H groups in total. The number of carbonyl (C=O) groups excluding carboxylic acids is 2. The lowest BCUT2D eigenvalue weighted by Crippen LogP contribution is -2.62. The van der Waals surface area contributed by atoms with Crippen molar-refractivity contribution in [3.8, 4) is 0 Å². The molecule has 9 aliphatic rings. The first kappa shape index (κ1) is 40.7. The van der Waals surface area contributed by atoms with Crippen molar-refractivity contribution < 1.29 is 33.7 Å². The molecular formula is C50H70O8. The van der Waals surface area contributed by atoms with Crippen LogP contribution in [-0.2, 0) is 19.1 Å². The second-order valence-electron chi connectivity index (χ2n) is 21.9. The van der Waals surface area contributed by atoms with Gasteiger partial charge in [-0.1, -0.05) is 52.0 Å². The van der Waals surface area contributed by atoms with Gasteiger partial charge >= 0.3 is 17.6 Å². The minimum atomic E-state index is -0.957. The van der Waals surface area contributed by atoms with Crippen molar-refractivity contribution >= 4 is 11.9 Å². The summed E-state index contributed by atoms with van der Waals surface area (Å²) in [6.07, 6.45) is 27.4. The van der Waals surface area contributed by atoms with E-state index in [4.69, 9.17) is 13.9 Å². The van der Waals surface area contributed by atoms with E-state index in [1.807, 2.05) is 0 Å². The third-order valence-corrected chi connectivity index (χ3v) is 19.8. The summed E-state index contributed by atoms with van der Waals surface area (Å²) >= 11 is 0. The highest BCUT2D eigenvalue weighted by Gasteiger charge is 2.70. The van der Waals surface area contributed by atoms with Crippen LogP contribution in [0.1, 0.15) is 149 Å². The van der Waals surface area contributed by atoms with Gasteiger partial charge in [-0.2, -0.15) is 0 Å². The Hall–Kier alpha value is -2.71. The van der Waals surface area contributed by atoms with E-state index in [0.717, 1.165) is 86.5 Å². The molecule has 8 heteroatoms. The van der Waals surface area contributed by atoms with Crippen molar-refractivity contribution in [2.24, 2.45) is 74.9 Å². The number of cyclic esters (lactones) is 1. The van der Waals surface area contributed by atoms with E-state index in [1.165, 1.54) is 57.8 Å². The predicted molar refractivity (Wildman–Crippen MR) is 221 cm³/mol. The highest BCUT2D eigenvalue weighted by molar-refractivity contribution is 5.70. The molecule has 1 aromatic heterocycles. The van der Waals surface area contributed by atoms with E-state index in [9.17, 15) is 24.6 Å². The van der Waals surface area contributed by atoms with Crippen LogP contribution in [0.5, 0.6) is 0 Å². The molecule has 1 aliphatic heterocycles. The first-order valence-electron chi connectivity index (χ1n) is 23.3. The van der Waals surface area contributed by atoms with Gasteiger partial charge in [0.1, 0.15) is 6.10 Å². The van der Waals surface area contributed by atoms with Crippen molar-refractivity contribution in [2.75, 3.05) is 6.61 Å². The Morgan fingerprint density at radius 3 is 2.31 bits per heavy atom. The van der Waals surface area contributed by atoms with Crippen LogP contribution in [-0.4, -0.2) is 46.6 Å². The maximum atomic E-state index is 12.5. The first-order valence-corrected chi connectivity index (χ1v) is 23.3. The molecule has 1 unspecified atom stereocenters. The summed E-state index contributed by atoms with van der Waals surface area (Å²) in [6.45, 7) is 11.8. The molecule has 8 aliphatic carbocycles. The van der Waals surface area contributed by atoms with Crippen LogP contribution in [0.25, 0.3) is 0 Å². The van der Waals surface area contributed by atoms with Gasteiger partial charge in [-0.05, 0) is 171 Å². The molecule has 318 valence electrons. The van der Waals surface area contributed by atoms with Gasteiger partial charge in [0.25, 0.3) is 0 Å². The van der Waals surface area contributed by atoms with E-state index in [-0.39, 0.29) is 35.3 Å². The van der Waals surface area contributed by atoms with Crippen molar-refractivity contribution in [1.29, 1.82) is 0 Å². The maximum Gasteiger partial charge on any atom is 0.335 e.